The summed E-state index contributed by atoms with van der Waals surface area (Å²) in [6.45, 7) is 0. The van der Waals surface area contributed by atoms with E-state index in [9.17, 15) is 0 Å². The second-order valence-electron chi connectivity index (χ2n) is 7.90. The average molecular weight is 445 g/mol. The lowest BCUT2D eigenvalue weighted by Gasteiger charge is -2.24. The van der Waals surface area contributed by atoms with Crippen molar-refractivity contribution in [3.8, 4) is 11.1 Å². The van der Waals surface area contributed by atoms with Gasteiger partial charge in [0.1, 0.15) is 23.3 Å². The normalized spacial score (nSPS) is 12.7. The fraction of sp³-hybridized carbons (Fsp3) is 0. The first kappa shape index (κ1) is 19.6. The van der Waals surface area contributed by atoms with Crippen LogP contribution in [-0.4, -0.2) is 0 Å². The van der Waals surface area contributed by atoms with E-state index >= 15 is 0 Å². The fourth-order valence-corrected chi connectivity index (χ4v) is 4.54. The van der Waals surface area contributed by atoms with E-state index in [2.05, 4.69) is 65.6 Å². The van der Waals surface area contributed by atoms with E-state index in [1.54, 1.807) is 0 Å². The van der Waals surface area contributed by atoms with Gasteiger partial charge in [0.25, 0.3) is 0 Å². The zero-order chi connectivity index (χ0) is 22.2. The molecule has 0 unspecified atom stereocenters. The molecule has 5 aromatic rings. The first-order valence-electron chi connectivity index (χ1n) is 10.8. The highest BCUT2D eigenvalue weighted by molar-refractivity contribution is 6.30. The molecule has 1 aromatic heterocycles. The minimum atomic E-state index is 0.702. The van der Waals surface area contributed by atoms with Crippen molar-refractivity contribution in [2.45, 2.75) is 0 Å². The van der Waals surface area contributed by atoms with Gasteiger partial charge in [0.2, 0.25) is 0 Å². The van der Waals surface area contributed by atoms with Crippen LogP contribution < -0.4 is 4.90 Å². The Balaban J connectivity index is 1.45. The Labute approximate surface area is 197 Å². The standard InChI is InChI=1S/C30H19ClNO/c31-22-8-6-11-25(20-22)32(23-9-2-1-3-10-23)24-18-16-21(17-19-24)26-13-7-14-28-27-12-4-5-15-29(27)33-30(26)28/h2-20H/q+1. The van der Waals surface area contributed by atoms with Crippen molar-refractivity contribution in [2.75, 3.05) is 4.90 Å². The number of para-hydroxylation sites is 2. The summed E-state index contributed by atoms with van der Waals surface area (Å²) in [5.41, 5.74) is 7.10. The molecule has 0 N–H and O–H groups in total. The molecule has 0 bridgehead atoms. The highest BCUT2D eigenvalue weighted by Gasteiger charge is 2.19. The molecule has 0 fully saturated rings. The number of allylic oxidation sites excluding steroid dienone is 5. The van der Waals surface area contributed by atoms with Crippen molar-refractivity contribution in [3.63, 3.8) is 0 Å². The third-order valence-corrected chi connectivity index (χ3v) is 6.10. The third-order valence-electron chi connectivity index (χ3n) is 5.87. The lowest BCUT2D eigenvalue weighted by Crippen LogP contribution is -2.15. The molecule has 1 aliphatic rings. The highest BCUT2D eigenvalue weighted by Crippen LogP contribution is 2.38. The summed E-state index contributed by atoms with van der Waals surface area (Å²) in [6.07, 6.45) is 11.0. The van der Waals surface area contributed by atoms with Gasteiger partial charge in [-0.1, -0.05) is 66.2 Å². The number of benzene rings is 4. The van der Waals surface area contributed by atoms with E-state index in [1.807, 2.05) is 60.7 Å². The largest absolute Gasteiger partial charge is 0.455 e. The van der Waals surface area contributed by atoms with Crippen LogP contribution in [0.25, 0.3) is 33.1 Å². The Morgan fingerprint density at radius 1 is 0.758 bits per heavy atom. The molecule has 4 aromatic carbocycles. The van der Waals surface area contributed by atoms with E-state index in [1.165, 1.54) is 0 Å². The molecular weight excluding hydrogens is 426 g/mol. The maximum absolute atomic E-state index is 6.31. The summed E-state index contributed by atoms with van der Waals surface area (Å²) in [5.74, 6) is 0. The quantitative estimate of drug-likeness (QED) is 0.257. The number of furan rings is 1. The van der Waals surface area contributed by atoms with Crippen LogP contribution in [-0.2, 0) is 0 Å². The van der Waals surface area contributed by atoms with Crippen molar-refractivity contribution in [2.24, 2.45) is 0 Å². The molecule has 0 radical (unpaired) electrons. The van der Waals surface area contributed by atoms with Crippen LogP contribution in [0.1, 0.15) is 0 Å². The molecule has 0 atom stereocenters. The maximum atomic E-state index is 6.31. The van der Waals surface area contributed by atoms with Gasteiger partial charge in [-0.15, -0.1) is 0 Å². The van der Waals surface area contributed by atoms with Crippen LogP contribution >= 0.6 is 11.6 Å². The number of hydrogen-bond donors (Lipinski definition) is 0. The Kier molecular flexibility index (Phi) is 4.81. The zero-order valence-electron chi connectivity index (χ0n) is 17.7. The molecule has 3 heteroatoms. The van der Waals surface area contributed by atoms with Crippen LogP contribution in [0.2, 0.25) is 5.02 Å². The van der Waals surface area contributed by atoms with E-state index in [-0.39, 0.29) is 0 Å². The number of anilines is 2. The van der Waals surface area contributed by atoms with Crippen molar-refractivity contribution < 1.29 is 4.42 Å². The fourth-order valence-electron chi connectivity index (χ4n) is 4.35. The predicted molar refractivity (Wildman–Crippen MR) is 138 cm³/mol. The number of hydrogen-bond acceptors (Lipinski definition) is 2. The summed E-state index contributed by atoms with van der Waals surface area (Å²) in [6, 6.07) is 30.9. The lowest BCUT2D eigenvalue weighted by molar-refractivity contribution is 0.670. The summed E-state index contributed by atoms with van der Waals surface area (Å²) in [7, 11) is 0. The minimum Gasteiger partial charge on any atom is -0.455 e. The van der Waals surface area contributed by atoms with Gasteiger partial charge in [0.05, 0.1) is 12.2 Å². The molecular formula is C30H19ClNO+. The lowest BCUT2D eigenvalue weighted by atomic mass is 10.0. The molecule has 0 saturated carbocycles. The van der Waals surface area contributed by atoms with Gasteiger partial charge < -0.3 is 4.42 Å². The van der Waals surface area contributed by atoms with Crippen LogP contribution in [0, 0.1) is 6.08 Å². The topological polar surface area (TPSA) is 16.4 Å². The van der Waals surface area contributed by atoms with Gasteiger partial charge in [-0.3, -0.25) is 4.90 Å². The van der Waals surface area contributed by atoms with Crippen LogP contribution in [0.15, 0.2) is 125 Å². The molecule has 0 aliphatic heterocycles. The van der Waals surface area contributed by atoms with Crippen LogP contribution in [0.3, 0.4) is 0 Å². The van der Waals surface area contributed by atoms with Gasteiger partial charge in [0.15, 0.2) is 5.70 Å². The first-order valence-corrected chi connectivity index (χ1v) is 11.2. The maximum Gasteiger partial charge on any atom is 0.160 e. The molecule has 0 spiro atoms. The van der Waals surface area contributed by atoms with E-state index in [4.69, 9.17) is 16.0 Å². The Morgan fingerprint density at radius 2 is 1.58 bits per heavy atom. The van der Waals surface area contributed by atoms with Gasteiger partial charge in [-0.2, -0.15) is 0 Å². The molecule has 156 valence electrons. The summed E-state index contributed by atoms with van der Waals surface area (Å²) in [5, 5.41) is 2.97. The molecule has 33 heavy (non-hydrogen) atoms. The Bertz CT molecular complexity index is 1570. The summed E-state index contributed by atoms with van der Waals surface area (Å²) >= 11 is 6.31. The number of rotatable bonds is 4. The second kappa shape index (κ2) is 8.11. The van der Waals surface area contributed by atoms with Crippen molar-refractivity contribution in [3.05, 3.63) is 132 Å². The SMILES string of the molecule is Clc1cccc(N(C2=CC=[C+]C=C2)c2ccc(-c3cccc4c3oc3ccccc34)cc2)c1. The van der Waals surface area contributed by atoms with E-state index < -0.39 is 0 Å². The van der Waals surface area contributed by atoms with E-state index in [0.717, 1.165) is 50.1 Å². The molecule has 0 amide bonds. The van der Waals surface area contributed by atoms with Crippen molar-refractivity contribution in [1.82, 2.24) is 0 Å². The van der Waals surface area contributed by atoms with Crippen LogP contribution in [0.5, 0.6) is 0 Å². The molecule has 1 aliphatic carbocycles. The summed E-state index contributed by atoms with van der Waals surface area (Å²) < 4.78 is 6.24. The number of fused-ring (bicyclic) bond motifs is 3. The minimum absolute atomic E-state index is 0.702. The second-order valence-corrected chi connectivity index (χ2v) is 8.34. The van der Waals surface area contributed by atoms with E-state index in [0.29, 0.717) is 5.02 Å². The Hall–Kier alpha value is -4.10. The smallest absolute Gasteiger partial charge is 0.160 e. The number of nitrogens with zero attached hydrogens (tertiary/aromatic N) is 1. The molecule has 1 heterocycles. The van der Waals surface area contributed by atoms with Crippen LogP contribution in [0.4, 0.5) is 11.4 Å². The van der Waals surface area contributed by atoms with Gasteiger partial charge >= 0.3 is 0 Å². The molecule has 6 rings (SSSR count). The highest BCUT2D eigenvalue weighted by atomic mass is 35.5. The third kappa shape index (κ3) is 3.52. The van der Waals surface area contributed by atoms with Gasteiger partial charge in [0, 0.05) is 38.8 Å². The zero-order valence-corrected chi connectivity index (χ0v) is 18.5. The summed E-state index contributed by atoms with van der Waals surface area (Å²) in [4.78, 5) is 2.19. The monoisotopic (exact) mass is 444 g/mol. The number of halogens is 1. The average Bonchev–Trinajstić information content (AvgIpc) is 3.24. The Morgan fingerprint density at radius 3 is 2.39 bits per heavy atom. The van der Waals surface area contributed by atoms with Gasteiger partial charge in [-0.05, 0) is 42.0 Å². The first-order chi connectivity index (χ1) is 16.3. The molecule has 2 nitrogen and oxygen atoms in total. The van der Waals surface area contributed by atoms with Crippen molar-refractivity contribution in [1.29, 1.82) is 0 Å². The van der Waals surface area contributed by atoms with Crippen molar-refractivity contribution >= 4 is 44.9 Å². The van der Waals surface area contributed by atoms with Gasteiger partial charge in [-0.25, -0.2) is 0 Å². The predicted octanol–water partition coefficient (Wildman–Crippen LogP) is 8.86. The molecule has 0 saturated heterocycles.